The predicted molar refractivity (Wildman–Crippen MR) is 114 cm³/mol. The molecule has 1 atom stereocenters. The third kappa shape index (κ3) is 4.03. The number of nitrogens with zero attached hydrogens (tertiary/aromatic N) is 2. The van der Waals surface area contributed by atoms with E-state index in [9.17, 15) is 9.59 Å². The lowest BCUT2D eigenvalue weighted by Gasteiger charge is -2.35. The van der Waals surface area contributed by atoms with Gasteiger partial charge in [0.15, 0.2) is 0 Å². The van der Waals surface area contributed by atoms with Crippen molar-refractivity contribution in [2.24, 2.45) is 0 Å². The van der Waals surface area contributed by atoms with Gasteiger partial charge in [0, 0.05) is 30.5 Å². The molecule has 0 bridgehead atoms. The van der Waals surface area contributed by atoms with Crippen LogP contribution in [0.1, 0.15) is 43.1 Å². The highest BCUT2D eigenvalue weighted by Gasteiger charge is 2.28. The molecule has 0 aliphatic carbocycles. The van der Waals surface area contributed by atoms with Gasteiger partial charge in [-0.1, -0.05) is 30.3 Å². The zero-order valence-electron chi connectivity index (χ0n) is 16.9. The molecule has 0 aromatic heterocycles. The number of carbonyl (C=O) groups is 2. The molecule has 28 heavy (non-hydrogen) atoms. The first-order valence-corrected chi connectivity index (χ1v) is 10.1. The summed E-state index contributed by atoms with van der Waals surface area (Å²) in [6.45, 7) is 7.49. The van der Waals surface area contributed by atoms with Crippen molar-refractivity contribution in [1.29, 1.82) is 0 Å². The van der Waals surface area contributed by atoms with Crippen LogP contribution in [0.5, 0.6) is 0 Å². The van der Waals surface area contributed by atoms with Crippen LogP contribution in [0.25, 0.3) is 0 Å². The number of benzene rings is 2. The molecule has 1 unspecified atom stereocenters. The Labute approximate surface area is 167 Å². The van der Waals surface area contributed by atoms with E-state index >= 15 is 0 Å². The molecule has 2 aromatic rings. The second-order valence-corrected chi connectivity index (χ2v) is 7.16. The number of carbonyl (C=O) groups excluding carboxylic acids is 2. The van der Waals surface area contributed by atoms with Gasteiger partial charge in [-0.3, -0.25) is 9.59 Å². The first kappa shape index (κ1) is 19.9. The summed E-state index contributed by atoms with van der Waals surface area (Å²) < 4.78 is 0. The zero-order valence-corrected chi connectivity index (χ0v) is 16.9. The number of anilines is 2. The van der Waals surface area contributed by atoms with E-state index in [2.05, 4.69) is 18.3 Å². The molecule has 0 fully saturated rings. The zero-order chi connectivity index (χ0) is 20.1. The lowest BCUT2D eigenvalue weighted by atomic mass is 9.96. The van der Waals surface area contributed by atoms with Gasteiger partial charge in [0.05, 0.1) is 12.1 Å². The second-order valence-electron chi connectivity index (χ2n) is 7.16. The summed E-state index contributed by atoms with van der Waals surface area (Å²) in [5.41, 5.74) is 3.52. The molecule has 148 valence electrons. The van der Waals surface area contributed by atoms with Crippen molar-refractivity contribution in [3.05, 3.63) is 59.7 Å². The summed E-state index contributed by atoms with van der Waals surface area (Å²) in [7, 11) is 0. The maximum Gasteiger partial charge on any atom is 0.255 e. The van der Waals surface area contributed by atoms with Gasteiger partial charge in [-0.15, -0.1) is 0 Å². The van der Waals surface area contributed by atoms with Crippen LogP contribution in [0, 0.1) is 0 Å². The largest absolute Gasteiger partial charge is 0.375 e. The highest BCUT2D eigenvalue weighted by Crippen LogP contribution is 2.30. The number of nitrogens with one attached hydrogen (secondary N) is 1. The van der Waals surface area contributed by atoms with Crippen molar-refractivity contribution >= 4 is 23.2 Å². The number of fused-ring (bicyclic) bond motifs is 1. The molecular weight excluding hydrogens is 350 g/mol. The summed E-state index contributed by atoms with van der Waals surface area (Å²) in [6, 6.07) is 15.7. The van der Waals surface area contributed by atoms with E-state index in [1.54, 1.807) is 4.90 Å². The van der Waals surface area contributed by atoms with Gasteiger partial charge in [-0.25, -0.2) is 0 Å². The smallest absolute Gasteiger partial charge is 0.255 e. The van der Waals surface area contributed by atoms with Gasteiger partial charge in [0.1, 0.15) is 0 Å². The van der Waals surface area contributed by atoms with E-state index in [0.29, 0.717) is 24.3 Å². The molecule has 0 saturated carbocycles. The molecule has 2 aromatic carbocycles. The fourth-order valence-corrected chi connectivity index (χ4v) is 3.83. The number of rotatable bonds is 6. The highest BCUT2D eigenvalue weighted by atomic mass is 16.2. The van der Waals surface area contributed by atoms with Crippen LogP contribution in [0.3, 0.4) is 0 Å². The molecule has 0 spiro atoms. The van der Waals surface area contributed by atoms with Crippen molar-refractivity contribution in [1.82, 2.24) is 4.90 Å². The number of hydrogen-bond donors (Lipinski definition) is 1. The van der Waals surface area contributed by atoms with Gasteiger partial charge in [-0.05, 0) is 57.4 Å². The Balaban J connectivity index is 1.76. The van der Waals surface area contributed by atoms with Crippen LogP contribution in [-0.4, -0.2) is 42.4 Å². The van der Waals surface area contributed by atoms with Gasteiger partial charge in [0.25, 0.3) is 5.91 Å². The molecule has 5 nitrogen and oxygen atoms in total. The fraction of sp³-hybridized carbons (Fsp3) is 0.391. The summed E-state index contributed by atoms with van der Waals surface area (Å²) in [5, 5.41) is 3.21. The lowest BCUT2D eigenvalue weighted by Crippen LogP contribution is -2.44. The van der Waals surface area contributed by atoms with Crippen molar-refractivity contribution in [2.75, 3.05) is 29.9 Å². The first-order valence-electron chi connectivity index (χ1n) is 10.1. The van der Waals surface area contributed by atoms with E-state index in [-0.39, 0.29) is 24.4 Å². The molecule has 1 N–H and O–H groups in total. The minimum absolute atomic E-state index is 0.0164. The molecule has 0 saturated heterocycles. The van der Waals surface area contributed by atoms with Crippen LogP contribution < -0.4 is 10.2 Å². The average molecular weight is 380 g/mol. The normalized spacial score (nSPS) is 15.7. The Bertz CT molecular complexity index is 845. The van der Waals surface area contributed by atoms with Crippen molar-refractivity contribution in [3.8, 4) is 0 Å². The molecular formula is C23H29N3O2. The Morgan fingerprint density at radius 3 is 2.50 bits per heavy atom. The molecule has 1 aliphatic rings. The SMILES string of the molecule is CCN(CC)C(=O)c1ccccc1NCC(=O)N1c2ccccc2CCC1C. The fourth-order valence-electron chi connectivity index (χ4n) is 3.83. The number of hydrogen-bond acceptors (Lipinski definition) is 3. The van der Waals surface area contributed by atoms with E-state index < -0.39 is 0 Å². The summed E-state index contributed by atoms with van der Waals surface area (Å²) in [5.74, 6) is 0.00183. The Hall–Kier alpha value is -2.82. The van der Waals surface area contributed by atoms with E-state index in [4.69, 9.17) is 0 Å². The summed E-state index contributed by atoms with van der Waals surface area (Å²) in [4.78, 5) is 29.5. The monoisotopic (exact) mass is 379 g/mol. The van der Waals surface area contributed by atoms with E-state index in [0.717, 1.165) is 18.5 Å². The lowest BCUT2D eigenvalue weighted by molar-refractivity contribution is -0.117. The number of aryl methyl sites for hydroxylation is 1. The molecule has 2 amide bonds. The molecule has 1 heterocycles. The quantitative estimate of drug-likeness (QED) is 0.827. The summed E-state index contributed by atoms with van der Waals surface area (Å²) in [6.07, 6.45) is 1.95. The van der Waals surface area contributed by atoms with Gasteiger partial charge >= 0.3 is 0 Å². The molecule has 1 aliphatic heterocycles. The van der Waals surface area contributed by atoms with E-state index in [1.165, 1.54) is 5.56 Å². The average Bonchev–Trinajstić information content (AvgIpc) is 2.73. The van der Waals surface area contributed by atoms with Crippen LogP contribution in [-0.2, 0) is 11.2 Å². The van der Waals surface area contributed by atoms with Crippen molar-refractivity contribution in [3.63, 3.8) is 0 Å². The minimum atomic E-state index is -0.0164. The van der Waals surface area contributed by atoms with Crippen molar-refractivity contribution in [2.45, 2.75) is 39.7 Å². The molecule has 5 heteroatoms. The Morgan fingerprint density at radius 2 is 1.75 bits per heavy atom. The van der Waals surface area contributed by atoms with Crippen LogP contribution in [0.15, 0.2) is 48.5 Å². The highest BCUT2D eigenvalue weighted by molar-refractivity contribution is 6.01. The summed E-state index contributed by atoms with van der Waals surface area (Å²) >= 11 is 0. The number of amides is 2. The van der Waals surface area contributed by atoms with Crippen LogP contribution in [0.2, 0.25) is 0 Å². The molecule has 0 radical (unpaired) electrons. The predicted octanol–water partition coefficient (Wildman–Crippen LogP) is 3.95. The Kier molecular flexibility index (Phi) is 6.34. The second kappa shape index (κ2) is 8.91. The number of para-hydroxylation sites is 2. The van der Waals surface area contributed by atoms with Gasteiger partial charge in [-0.2, -0.15) is 0 Å². The van der Waals surface area contributed by atoms with Crippen LogP contribution >= 0.6 is 0 Å². The Morgan fingerprint density at radius 1 is 1.07 bits per heavy atom. The third-order valence-electron chi connectivity index (χ3n) is 5.43. The van der Waals surface area contributed by atoms with Gasteiger partial charge in [0.2, 0.25) is 5.91 Å². The minimum Gasteiger partial charge on any atom is -0.375 e. The topological polar surface area (TPSA) is 52.7 Å². The van der Waals surface area contributed by atoms with Crippen LogP contribution in [0.4, 0.5) is 11.4 Å². The van der Waals surface area contributed by atoms with E-state index in [1.807, 2.05) is 61.2 Å². The molecule has 3 rings (SSSR count). The first-order chi connectivity index (χ1) is 13.6. The maximum atomic E-state index is 13.0. The standard InChI is InChI=1S/C23H29N3O2/c1-4-25(5-2)23(28)19-11-7-8-12-20(19)24-16-22(27)26-17(3)14-15-18-10-6-9-13-21(18)26/h6-13,17,24H,4-5,14-16H2,1-3H3. The maximum absolute atomic E-state index is 13.0. The van der Waals surface area contributed by atoms with Gasteiger partial charge < -0.3 is 15.1 Å². The van der Waals surface area contributed by atoms with Crippen molar-refractivity contribution < 1.29 is 9.59 Å². The third-order valence-corrected chi connectivity index (χ3v) is 5.43.